The summed E-state index contributed by atoms with van der Waals surface area (Å²) in [4.78, 5) is 29.3. The zero-order chi connectivity index (χ0) is 23.5. The first kappa shape index (κ1) is 20.4. The standard InChI is InChI=1S/C26H26N8O/c1-33-9-7-19-18(6-8-28-25(19)33)24-20-13-31-26(35)23(20)21(14-30-24)32-22-5-4-17(12-29-22)34-15-2-3-16(34)11-27-10-15/h4-9,12,14-16,27H,2-3,10-11,13H2,1H3,(H,29,32)(H,31,35). The van der Waals surface area contributed by atoms with Crippen molar-refractivity contribution in [1.82, 2.24) is 30.2 Å². The number of aryl methyl sites for hydroxylation is 1. The van der Waals surface area contributed by atoms with E-state index in [1.165, 1.54) is 12.8 Å². The van der Waals surface area contributed by atoms with Crippen LogP contribution in [0.5, 0.6) is 0 Å². The smallest absolute Gasteiger partial charge is 0.254 e. The maximum atomic E-state index is 12.8. The second-order valence-corrected chi connectivity index (χ2v) is 9.56. The Morgan fingerprint density at radius 1 is 1.03 bits per heavy atom. The fraction of sp³-hybridized carbons (Fsp3) is 0.308. The number of anilines is 3. The van der Waals surface area contributed by atoms with Crippen molar-refractivity contribution < 1.29 is 4.79 Å². The fourth-order valence-corrected chi connectivity index (χ4v) is 5.89. The van der Waals surface area contributed by atoms with Gasteiger partial charge in [0.1, 0.15) is 11.5 Å². The van der Waals surface area contributed by atoms with Crippen molar-refractivity contribution >= 4 is 34.1 Å². The molecule has 0 aromatic carbocycles. The number of carbonyl (C=O) groups excluding carboxylic acids is 1. The summed E-state index contributed by atoms with van der Waals surface area (Å²) in [5.74, 6) is 0.598. The average molecular weight is 467 g/mol. The number of amides is 1. The summed E-state index contributed by atoms with van der Waals surface area (Å²) < 4.78 is 1.99. The van der Waals surface area contributed by atoms with Crippen LogP contribution in [0.1, 0.15) is 28.8 Å². The van der Waals surface area contributed by atoms with E-state index in [0.717, 1.165) is 46.6 Å². The van der Waals surface area contributed by atoms with E-state index in [4.69, 9.17) is 4.98 Å². The monoisotopic (exact) mass is 466 g/mol. The van der Waals surface area contributed by atoms with Gasteiger partial charge in [-0.1, -0.05) is 0 Å². The number of aromatic nitrogens is 4. The molecule has 3 aliphatic heterocycles. The molecule has 2 fully saturated rings. The molecule has 2 unspecified atom stereocenters. The van der Waals surface area contributed by atoms with Crippen LogP contribution < -0.4 is 20.9 Å². The number of fused-ring (bicyclic) bond motifs is 4. The predicted molar refractivity (Wildman–Crippen MR) is 135 cm³/mol. The number of carbonyl (C=O) groups is 1. The molecule has 4 aromatic heterocycles. The maximum Gasteiger partial charge on any atom is 0.254 e. The van der Waals surface area contributed by atoms with Crippen molar-refractivity contribution in [3.05, 3.63) is 60.2 Å². The minimum atomic E-state index is -0.0986. The van der Waals surface area contributed by atoms with Gasteiger partial charge in [-0.2, -0.15) is 0 Å². The molecule has 0 aliphatic carbocycles. The lowest BCUT2D eigenvalue weighted by atomic mass is 10.0. The van der Waals surface area contributed by atoms with Crippen LogP contribution in [0.15, 0.2) is 49.1 Å². The van der Waals surface area contributed by atoms with Crippen molar-refractivity contribution in [2.24, 2.45) is 7.05 Å². The highest BCUT2D eigenvalue weighted by Gasteiger charge is 2.36. The topological polar surface area (TPSA) is 100 Å². The Kier molecular flexibility index (Phi) is 4.53. The molecule has 9 nitrogen and oxygen atoms in total. The lowest BCUT2D eigenvalue weighted by Gasteiger charge is -2.37. The van der Waals surface area contributed by atoms with Crippen LogP contribution >= 0.6 is 0 Å². The van der Waals surface area contributed by atoms with E-state index in [2.05, 4.69) is 36.9 Å². The number of rotatable bonds is 4. The fourth-order valence-electron chi connectivity index (χ4n) is 5.89. The first-order valence-electron chi connectivity index (χ1n) is 12.1. The molecule has 9 heteroatoms. The SMILES string of the molecule is Cn1ccc2c(-c3ncc(Nc4ccc(N5C6CCC5CNC6)cn4)c4c3CNC4=O)ccnc21. The molecule has 7 heterocycles. The highest BCUT2D eigenvalue weighted by atomic mass is 16.1. The van der Waals surface area contributed by atoms with Gasteiger partial charge in [-0.15, -0.1) is 0 Å². The first-order chi connectivity index (χ1) is 17.2. The Labute approximate surface area is 202 Å². The molecule has 2 bridgehead atoms. The third-order valence-electron chi connectivity index (χ3n) is 7.54. The number of pyridine rings is 3. The Bertz CT molecular complexity index is 1440. The quantitative estimate of drug-likeness (QED) is 0.425. The summed E-state index contributed by atoms with van der Waals surface area (Å²) in [6, 6.07) is 9.20. The minimum absolute atomic E-state index is 0.0986. The largest absolute Gasteiger partial charge is 0.362 e. The highest BCUT2D eigenvalue weighted by molar-refractivity contribution is 6.06. The molecule has 3 N–H and O–H groups in total. The summed E-state index contributed by atoms with van der Waals surface area (Å²) in [7, 11) is 1.97. The van der Waals surface area contributed by atoms with Gasteiger partial charge in [0, 0.05) is 67.7 Å². The van der Waals surface area contributed by atoms with Crippen LogP contribution in [0.3, 0.4) is 0 Å². The Morgan fingerprint density at radius 3 is 2.69 bits per heavy atom. The zero-order valence-electron chi connectivity index (χ0n) is 19.5. The van der Waals surface area contributed by atoms with E-state index >= 15 is 0 Å². The number of hydrogen-bond acceptors (Lipinski definition) is 7. The van der Waals surface area contributed by atoms with Crippen molar-refractivity contribution in [2.75, 3.05) is 23.3 Å². The summed E-state index contributed by atoms with van der Waals surface area (Å²) in [6.07, 6.45) is 9.90. The van der Waals surface area contributed by atoms with Crippen molar-refractivity contribution in [2.45, 2.75) is 31.5 Å². The third-order valence-corrected chi connectivity index (χ3v) is 7.54. The average Bonchev–Trinajstić information content (AvgIpc) is 3.53. The minimum Gasteiger partial charge on any atom is -0.362 e. The summed E-state index contributed by atoms with van der Waals surface area (Å²) in [6.45, 7) is 2.51. The van der Waals surface area contributed by atoms with Gasteiger partial charge in [0.15, 0.2) is 0 Å². The molecule has 2 saturated heterocycles. The summed E-state index contributed by atoms with van der Waals surface area (Å²) in [5, 5.41) is 10.9. The summed E-state index contributed by atoms with van der Waals surface area (Å²) in [5.41, 5.74) is 6.01. The molecular formula is C26H26N8O. The van der Waals surface area contributed by atoms with E-state index in [1.807, 2.05) is 42.2 Å². The van der Waals surface area contributed by atoms with E-state index in [1.54, 1.807) is 12.4 Å². The molecule has 4 aromatic rings. The van der Waals surface area contributed by atoms with E-state index in [-0.39, 0.29) is 5.91 Å². The Morgan fingerprint density at radius 2 is 1.89 bits per heavy atom. The van der Waals surface area contributed by atoms with Crippen LogP contribution in [0, 0.1) is 0 Å². The normalized spacial score (nSPS) is 20.8. The van der Waals surface area contributed by atoms with Crippen LogP contribution in [0.2, 0.25) is 0 Å². The molecule has 0 saturated carbocycles. The van der Waals surface area contributed by atoms with Gasteiger partial charge >= 0.3 is 0 Å². The van der Waals surface area contributed by atoms with E-state index < -0.39 is 0 Å². The molecule has 35 heavy (non-hydrogen) atoms. The second-order valence-electron chi connectivity index (χ2n) is 9.56. The molecule has 0 spiro atoms. The molecule has 3 aliphatic rings. The number of hydrogen-bond donors (Lipinski definition) is 3. The summed E-state index contributed by atoms with van der Waals surface area (Å²) >= 11 is 0. The van der Waals surface area contributed by atoms with E-state index in [9.17, 15) is 4.79 Å². The third kappa shape index (κ3) is 3.19. The number of nitrogens with one attached hydrogen (secondary N) is 3. The van der Waals surface area contributed by atoms with Crippen LogP contribution in [0.25, 0.3) is 22.3 Å². The number of nitrogens with zero attached hydrogens (tertiary/aromatic N) is 5. The van der Waals surface area contributed by atoms with Crippen molar-refractivity contribution in [3.63, 3.8) is 0 Å². The number of piperazine rings is 1. The van der Waals surface area contributed by atoms with Gasteiger partial charge in [-0.3, -0.25) is 9.78 Å². The molecule has 2 atom stereocenters. The maximum absolute atomic E-state index is 12.8. The van der Waals surface area contributed by atoms with E-state index in [0.29, 0.717) is 35.7 Å². The van der Waals surface area contributed by atoms with Crippen LogP contribution in [0.4, 0.5) is 17.2 Å². The second kappa shape index (κ2) is 7.78. The van der Waals surface area contributed by atoms with Crippen molar-refractivity contribution in [1.29, 1.82) is 0 Å². The van der Waals surface area contributed by atoms with Crippen LogP contribution in [-0.4, -0.2) is 50.6 Å². The molecule has 7 rings (SSSR count). The molecule has 1 amide bonds. The zero-order valence-corrected chi connectivity index (χ0v) is 19.5. The van der Waals surface area contributed by atoms with Crippen molar-refractivity contribution in [3.8, 4) is 11.3 Å². The van der Waals surface area contributed by atoms with Gasteiger partial charge in [-0.25, -0.2) is 9.97 Å². The molecular weight excluding hydrogens is 440 g/mol. The lowest BCUT2D eigenvalue weighted by Crippen LogP contribution is -2.52. The van der Waals surface area contributed by atoms with Gasteiger partial charge in [0.25, 0.3) is 5.91 Å². The van der Waals surface area contributed by atoms with Gasteiger partial charge < -0.3 is 25.4 Å². The highest BCUT2D eigenvalue weighted by Crippen LogP contribution is 2.36. The molecule has 0 radical (unpaired) electrons. The van der Waals surface area contributed by atoms with Gasteiger partial charge in [-0.05, 0) is 37.1 Å². The molecule has 176 valence electrons. The van der Waals surface area contributed by atoms with Crippen LogP contribution in [-0.2, 0) is 13.6 Å². The lowest BCUT2D eigenvalue weighted by molar-refractivity contribution is 0.0966. The van der Waals surface area contributed by atoms with Gasteiger partial charge in [0.2, 0.25) is 0 Å². The Hall–Kier alpha value is -3.98. The Balaban J connectivity index is 1.22. The van der Waals surface area contributed by atoms with Gasteiger partial charge in [0.05, 0.1) is 35.0 Å². The predicted octanol–water partition coefficient (Wildman–Crippen LogP) is 2.96. The first-order valence-corrected chi connectivity index (χ1v) is 12.1.